The molecule has 0 aromatic heterocycles. The number of rotatable bonds is 8. The first-order valence-corrected chi connectivity index (χ1v) is 8.72. The maximum absolute atomic E-state index is 12.1. The van der Waals surface area contributed by atoms with Crippen LogP contribution in [0.1, 0.15) is 42.1 Å². The largest absolute Gasteiger partial charge is 0.461 e. The number of benzene rings is 2. The number of hydrogen-bond acceptors (Lipinski definition) is 2. The van der Waals surface area contributed by atoms with Gasteiger partial charge in [-0.1, -0.05) is 73.9 Å². The highest BCUT2D eigenvalue weighted by molar-refractivity contribution is 6.30. The smallest absolute Gasteiger partial charge is 0.338 e. The molecule has 0 saturated heterocycles. The zero-order chi connectivity index (χ0) is 17.2. The van der Waals surface area contributed by atoms with Crippen molar-refractivity contribution in [3.8, 4) is 0 Å². The Labute approximate surface area is 149 Å². The first-order chi connectivity index (χ1) is 11.7. The highest BCUT2D eigenvalue weighted by Crippen LogP contribution is 2.16. The summed E-state index contributed by atoms with van der Waals surface area (Å²) >= 11 is 5.90. The summed E-state index contributed by atoms with van der Waals surface area (Å²) in [6, 6.07) is 16.8. The lowest BCUT2D eigenvalue weighted by atomic mass is 10.0. The topological polar surface area (TPSA) is 26.3 Å². The summed E-state index contributed by atoms with van der Waals surface area (Å²) in [7, 11) is 0. The Balaban J connectivity index is 1.94. The van der Waals surface area contributed by atoms with Gasteiger partial charge in [0.25, 0.3) is 0 Å². The van der Waals surface area contributed by atoms with E-state index in [-0.39, 0.29) is 11.9 Å². The average Bonchev–Trinajstić information content (AvgIpc) is 2.63. The van der Waals surface area contributed by atoms with Crippen LogP contribution in [-0.4, -0.2) is 12.6 Å². The van der Waals surface area contributed by atoms with Crippen molar-refractivity contribution in [3.05, 3.63) is 76.8 Å². The molecule has 0 saturated carbocycles. The number of halogens is 1. The van der Waals surface area contributed by atoms with E-state index in [1.165, 1.54) is 0 Å². The first-order valence-electron chi connectivity index (χ1n) is 8.35. The van der Waals surface area contributed by atoms with Crippen LogP contribution in [0.5, 0.6) is 0 Å². The summed E-state index contributed by atoms with van der Waals surface area (Å²) in [5.74, 6) is -0.0507. The zero-order valence-electron chi connectivity index (χ0n) is 14.0. The molecule has 0 fully saturated rings. The summed E-state index contributed by atoms with van der Waals surface area (Å²) in [6.45, 7) is 2.56. The third kappa shape index (κ3) is 6.21. The molecule has 2 rings (SSSR count). The molecule has 3 heteroatoms. The Morgan fingerprint density at radius 1 is 1.12 bits per heavy atom. The molecule has 2 aromatic rings. The Morgan fingerprint density at radius 2 is 1.83 bits per heavy atom. The summed E-state index contributed by atoms with van der Waals surface area (Å²) in [5.41, 5.74) is 1.68. The van der Waals surface area contributed by atoms with Gasteiger partial charge < -0.3 is 4.74 Å². The third-order valence-corrected chi connectivity index (χ3v) is 4.05. The maximum atomic E-state index is 12.1. The number of hydrogen-bond donors (Lipinski definition) is 0. The zero-order valence-corrected chi connectivity index (χ0v) is 14.7. The molecule has 0 radical (unpaired) electrons. The van der Waals surface area contributed by atoms with Crippen LogP contribution in [-0.2, 0) is 4.74 Å². The second-order valence-corrected chi connectivity index (χ2v) is 6.21. The van der Waals surface area contributed by atoms with Gasteiger partial charge in [0, 0.05) is 10.9 Å². The van der Waals surface area contributed by atoms with Crippen LogP contribution < -0.4 is 0 Å². The fourth-order valence-corrected chi connectivity index (χ4v) is 2.49. The van der Waals surface area contributed by atoms with E-state index in [1.807, 2.05) is 42.5 Å². The van der Waals surface area contributed by atoms with Crippen molar-refractivity contribution in [2.75, 3.05) is 6.61 Å². The van der Waals surface area contributed by atoms with E-state index in [9.17, 15) is 4.79 Å². The molecule has 0 spiro atoms. The van der Waals surface area contributed by atoms with Crippen LogP contribution in [0, 0.1) is 5.92 Å². The van der Waals surface area contributed by atoms with Gasteiger partial charge in [0.05, 0.1) is 12.2 Å². The second-order valence-electron chi connectivity index (χ2n) is 5.78. The van der Waals surface area contributed by atoms with Crippen LogP contribution in [0.2, 0.25) is 5.02 Å². The molecule has 1 unspecified atom stereocenters. The van der Waals surface area contributed by atoms with Crippen LogP contribution in [0.4, 0.5) is 0 Å². The minimum Gasteiger partial charge on any atom is -0.461 e. The Hall–Kier alpha value is -2.06. The molecule has 0 amide bonds. The number of carbonyl (C=O) groups is 1. The van der Waals surface area contributed by atoms with Gasteiger partial charge in [-0.25, -0.2) is 4.79 Å². The van der Waals surface area contributed by atoms with Crippen LogP contribution in [0.3, 0.4) is 0 Å². The van der Waals surface area contributed by atoms with Crippen molar-refractivity contribution < 1.29 is 9.53 Å². The maximum Gasteiger partial charge on any atom is 0.338 e. The summed E-state index contributed by atoms with van der Waals surface area (Å²) in [4.78, 5) is 12.1. The predicted octanol–water partition coefficient (Wildman–Crippen LogP) is 6.02. The molecule has 1 atom stereocenters. The second kappa shape index (κ2) is 9.94. The van der Waals surface area contributed by atoms with Gasteiger partial charge in [-0.3, -0.25) is 0 Å². The third-order valence-electron chi connectivity index (χ3n) is 3.80. The molecule has 0 aliphatic carbocycles. The Bertz CT molecular complexity index is 647. The standard InChI is InChI=1S/C21H23ClO2/c1-2-3-7-18(11-10-17-12-14-20(22)15-13-17)16-24-21(23)19-8-5-4-6-9-19/h4-6,8-15,18H,2-3,7,16H2,1H3/b11-10+. The first kappa shape index (κ1) is 18.3. The van der Waals surface area contributed by atoms with Crippen molar-refractivity contribution in [1.29, 1.82) is 0 Å². The summed E-state index contributed by atoms with van der Waals surface area (Å²) in [5, 5.41) is 0.728. The minimum atomic E-state index is -0.267. The lowest BCUT2D eigenvalue weighted by Gasteiger charge is -2.13. The molecule has 0 bridgehead atoms. The Morgan fingerprint density at radius 3 is 2.50 bits per heavy atom. The molecule has 0 aliphatic heterocycles. The fourth-order valence-electron chi connectivity index (χ4n) is 2.36. The van der Waals surface area contributed by atoms with E-state index in [1.54, 1.807) is 12.1 Å². The number of ether oxygens (including phenoxy) is 1. The van der Waals surface area contributed by atoms with Crippen molar-refractivity contribution >= 4 is 23.6 Å². The molecule has 2 aromatic carbocycles. The highest BCUT2D eigenvalue weighted by Gasteiger charge is 2.10. The molecule has 126 valence electrons. The van der Waals surface area contributed by atoms with Gasteiger partial charge in [-0.05, 0) is 36.2 Å². The van der Waals surface area contributed by atoms with E-state index >= 15 is 0 Å². The van der Waals surface area contributed by atoms with E-state index in [0.29, 0.717) is 12.2 Å². The molecule has 2 nitrogen and oxygen atoms in total. The average molecular weight is 343 g/mol. The van der Waals surface area contributed by atoms with Crippen LogP contribution in [0.25, 0.3) is 6.08 Å². The van der Waals surface area contributed by atoms with Gasteiger partial charge in [-0.2, -0.15) is 0 Å². The van der Waals surface area contributed by atoms with Gasteiger partial charge >= 0.3 is 5.97 Å². The SMILES string of the molecule is CCCCC(/C=C/c1ccc(Cl)cc1)COC(=O)c1ccccc1. The fraction of sp³-hybridized carbons (Fsp3) is 0.286. The van der Waals surface area contributed by atoms with Gasteiger partial charge in [0.2, 0.25) is 0 Å². The number of unbranched alkanes of at least 4 members (excludes halogenated alkanes) is 1. The van der Waals surface area contributed by atoms with Crippen molar-refractivity contribution in [1.82, 2.24) is 0 Å². The molecular weight excluding hydrogens is 320 g/mol. The minimum absolute atomic E-state index is 0.216. The van der Waals surface area contributed by atoms with Crippen molar-refractivity contribution in [2.45, 2.75) is 26.2 Å². The van der Waals surface area contributed by atoms with Crippen LogP contribution >= 0.6 is 11.6 Å². The number of esters is 1. The Kier molecular flexibility index (Phi) is 7.57. The van der Waals surface area contributed by atoms with Crippen molar-refractivity contribution in [3.63, 3.8) is 0 Å². The monoisotopic (exact) mass is 342 g/mol. The normalized spacial score (nSPS) is 12.2. The van der Waals surface area contributed by atoms with E-state index in [4.69, 9.17) is 16.3 Å². The molecule has 0 N–H and O–H groups in total. The van der Waals surface area contributed by atoms with Gasteiger partial charge in [0.15, 0.2) is 0 Å². The lowest BCUT2D eigenvalue weighted by molar-refractivity contribution is 0.0459. The van der Waals surface area contributed by atoms with Gasteiger partial charge in [-0.15, -0.1) is 0 Å². The molecule has 0 heterocycles. The number of carbonyl (C=O) groups excluding carboxylic acids is 1. The van der Waals surface area contributed by atoms with Crippen LogP contribution in [0.15, 0.2) is 60.7 Å². The van der Waals surface area contributed by atoms with E-state index in [0.717, 1.165) is 29.8 Å². The van der Waals surface area contributed by atoms with Crippen molar-refractivity contribution in [2.24, 2.45) is 5.92 Å². The van der Waals surface area contributed by atoms with E-state index < -0.39 is 0 Å². The molecular formula is C21H23ClO2. The molecule has 0 aliphatic rings. The lowest BCUT2D eigenvalue weighted by Crippen LogP contribution is -2.13. The highest BCUT2D eigenvalue weighted by atomic mass is 35.5. The summed E-state index contributed by atoms with van der Waals surface area (Å²) in [6.07, 6.45) is 7.42. The van der Waals surface area contributed by atoms with Gasteiger partial charge in [0.1, 0.15) is 0 Å². The quantitative estimate of drug-likeness (QED) is 0.548. The predicted molar refractivity (Wildman–Crippen MR) is 100 cm³/mol. The van der Waals surface area contributed by atoms with E-state index in [2.05, 4.69) is 19.1 Å². The summed E-state index contributed by atoms with van der Waals surface area (Å²) < 4.78 is 5.48. The molecule has 24 heavy (non-hydrogen) atoms.